The fourth-order valence-corrected chi connectivity index (χ4v) is 3.24. The van der Waals surface area contributed by atoms with Crippen LogP contribution in [0.5, 0.6) is 5.75 Å². The number of halogens is 2. The minimum absolute atomic E-state index is 0.0445. The first-order chi connectivity index (χ1) is 10.5. The molecule has 3 rings (SSSR count). The number of amides is 1. The van der Waals surface area contributed by atoms with Crippen molar-refractivity contribution in [1.82, 2.24) is 10.3 Å². The van der Waals surface area contributed by atoms with Gasteiger partial charge < -0.3 is 15.0 Å². The van der Waals surface area contributed by atoms with Crippen LogP contribution in [0.25, 0.3) is 10.9 Å². The Bertz CT molecular complexity index is 807. The third kappa shape index (κ3) is 2.29. The van der Waals surface area contributed by atoms with Crippen molar-refractivity contribution in [3.8, 4) is 11.8 Å². The van der Waals surface area contributed by atoms with Gasteiger partial charge in [-0.25, -0.2) is 0 Å². The van der Waals surface area contributed by atoms with Gasteiger partial charge in [-0.05, 0) is 12.5 Å². The smallest absolute Gasteiger partial charge is 0.227 e. The lowest BCUT2D eigenvalue weighted by atomic mass is 9.96. The highest BCUT2D eigenvalue weighted by atomic mass is 35.5. The third-order valence-corrected chi connectivity index (χ3v) is 4.63. The van der Waals surface area contributed by atoms with Gasteiger partial charge in [0.1, 0.15) is 11.8 Å². The molecule has 1 aliphatic heterocycles. The number of fused-ring (bicyclic) bond motifs is 3. The first kappa shape index (κ1) is 15.0. The molecule has 2 heterocycles. The summed E-state index contributed by atoms with van der Waals surface area (Å²) >= 11 is 12.4. The van der Waals surface area contributed by atoms with E-state index in [0.717, 1.165) is 16.6 Å². The number of aromatic nitrogens is 1. The number of rotatable bonds is 2. The van der Waals surface area contributed by atoms with E-state index >= 15 is 0 Å². The quantitative estimate of drug-likeness (QED) is 0.883. The van der Waals surface area contributed by atoms with Crippen molar-refractivity contribution in [3.05, 3.63) is 27.4 Å². The van der Waals surface area contributed by atoms with Crippen LogP contribution in [-0.4, -0.2) is 24.0 Å². The van der Waals surface area contributed by atoms with E-state index in [1.807, 2.05) is 13.0 Å². The summed E-state index contributed by atoms with van der Waals surface area (Å²) in [6.45, 7) is 2.29. The molecule has 0 radical (unpaired) electrons. The molecule has 1 atom stereocenters. The molecule has 0 saturated heterocycles. The van der Waals surface area contributed by atoms with Gasteiger partial charge in [0, 0.05) is 30.1 Å². The second-order valence-electron chi connectivity index (χ2n) is 5.15. The summed E-state index contributed by atoms with van der Waals surface area (Å²) in [5.74, 6) is 0.0786. The van der Waals surface area contributed by atoms with Crippen LogP contribution in [0.1, 0.15) is 24.1 Å². The number of hydrogen-bond donors (Lipinski definition) is 2. The number of aromatic amines is 1. The number of nitrogens with one attached hydrogen (secondary N) is 2. The van der Waals surface area contributed by atoms with Crippen molar-refractivity contribution in [2.45, 2.75) is 19.3 Å². The van der Waals surface area contributed by atoms with Gasteiger partial charge in [-0.1, -0.05) is 23.2 Å². The SMILES string of the molecule is C[C@H]1C(=O)NCCc2[nH]c3c(Cl)c(Cl)cc(OCC#N)c3c21. The molecule has 1 amide bonds. The summed E-state index contributed by atoms with van der Waals surface area (Å²) in [5, 5.41) is 13.1. The van der Waals surface area contributed by atoms with E-state index in [4.69, 9.17) is 33.2 Å². The molecule has 7 heteroatoms. The lowest BCUT2D eigenvalue weighted by molar-refractivity contribution is -0.121. The van der Waals surface area contributed by atoms with Gasteiger partial charge in [-0.2, -0.15) is 5.26 Å². The molecule has 1 aliphatic rings. The Hall–Kier alpha value is -1.90. The van der Waals surface area contributed by atoms with E-state index in [2.05, 4.69) is 10.3 Å². The second kappa shape index (κ2) is 5.71. The van der Waals surface area contributed by atoms with Crippen LogP contribution in [0, 0.1) is 11.3 Å². The van der Waals surface area contributed by atoms with Gasteiger partial charge in [0.25, 0.3) is 0 Å². The zero-order valence-electron chi connectivity index (χ0n) is 11.8. The van der Waals surface area contributed by atoms with Crippen molar-refractivity contribution in [3.63, 3.8) is 0 Å². The van der Waals surface area contributed by atoms with Crippen LogP contribution in [0.2, 0.25) is 10.0 Å². The largest absolute Gasteiger partial charge is 0.478 e. The summed E-state index contributed by atoms with van der Waals surface area (Å²) in [6, 6.07) is 3.52. The summed E-state index contributed by atoms with van der Waals surface area (Å²) in [6.07, 6.45) is 0.672. The number of carbonyl (C=O) groups excluding carboxylic acids is 1. The van der Waals surface area contributed by atoms with Gasteiger partial charge in [0.15, 0.2) is 6.61 Å². The monoisotopic (exact) mass is 337 g/mol. The highest BCUT2D eigenvalue weighted by Crippen LogP contribution is 2.43. The Morgan fingerprint density at radius 1 is 1.50 bits per heavy atom. The van der Waals surface area contributed by atoms with Crippen LogP contribution >= 0.6 is 23.2 Å². The molecule has 0 bridgehead atoms. The summed E-state index contributed by atoms with van der Waals surface area (Å²) in [4.78, 5) is 15.4. The molecule has 0 unspecified atom stereocenters. The zero-order chi connectivity index (χ0) is 15.9. The molecule has 0 spiro atoms. The number of nitrogens with zero attached hydrogens (tertiary/aromatic N) is 1. The topological polar surface area (TPSA) is 77.9 Å². The average molecular weight is 338 g/mol. The summed E-state index contributed by atoms with van der Waals surface area (Å²) in [7, 11) is 0. The molecular formula is C15H13Cl2N3O2. The van der Waals surface area contributed by atoms with Gasteiger partial charge in [0.2, 0.25) is 5.91 Å². The second-order valence-corrected chi connectivity index (χ2v) is 5.93. The van der Waals surface area contributed by atoms with Crippen LogP contribution < -0.4 is 10.1 Å². The molecule has 2 N–H and O–H groups in total. The molecule has 2 aromatic rings. The van der Waals surface area contributed by atoms with Crippen LogP contribution in [-0.2, 0) is 11.2 Å². The van der Waals surface area contributed by atoms with Gasteiger partial charge >= 0.3 is 0 Å². The lowest BCUT2D eigenvalue weighted by Gasteiger charge is -2.12. The molecule has 22 heavy (non-hydrogen) atoms. The number of ether oxygens (including phenoxy) is 1. The maximum absolute atomic E-state index is 12.1. The Kier molecular flexibility index (Phi) is 3.90. The maximum Gasteiger partial charge on any atom is 0.227 e. The Labute approximate surface area is 137 Å². The van der Waals surface area contributed by atoms with Crippen LogP contribution in [0.3, 0.4) is 0 Å². The van der Waals surface area contributed by atoms with E-state index in [0.29, 0.717) is 34.3 Å². The fourth-order valence-electron chi connectivity index (χ4n) is 2.85. The minimum atomic E-state index is -0.340. The van der Waals surface area contributed by atoms with E-state index in [1.165, 1.54) is 0 Å². The number of nitriles is 1. The summed E-state index contributed by atoms with van der Waals surface area (Å²) < 4.78 is 5.50. The number of carbonyl (C=O) groups is 1. The Balaban J connectivity index is 2.32. The molecular weight excluding hydrogens is 325 g/mol. The van der Waals surface area contributed by atoms with Crippen molar-refractivity contribution in [1.29, 1.82) is 5.26 Å². The van der Waals surface area contributed by atoms with E-state index in [1.54, 1.807) is 6.07 Å². The Morgan fingerprint density at radius 2 is 2.27 bits per heavy atom. The van der Waals surface area contributed by atoms with Crippen molar-refractivity contribution in [2.24, 2.45) is 0 Å². The minimum Gasteiger partial charge on any atom is -0.478 e. The van der Waals surface area contributed by atoms with Crippen molar-refractivity contribution >= 4 is 40.0 Å². The summed E-state index contributed by atoms with van der Waals surface area (Å²) in [5.41, 5.74) is 2.44. The van der Waals surface area contributed by atoms with Crippen molar-refractivity contribution < 1.29 is 9.53 Å². The normalized spacial score (nSPS) is 17.5. The number of hydrogen-bond acceptors (Lipinski definition) is 3. The average Bonchev–Trinajstić information content (AvgIpc) is 2.82. The van der Waals surface area contributed by atoms with Gasteiger partial charge in [-0.15, -0.1) is 0 Å². The van der Waals surface area contributed by atoms with Gasteiger partial charge in [-0.3, -0.25) is 4.79 Å². The molecule has 0 saturated carbocycles. The first-order valence-electron chi connectivity index (χ1n) is 6.84. The van der Waals surface area contributed by atoms with Crippen molar-refractivity contribution in [2.75, 3.05) is 13.2 Å². The maximum atomic E-state index is 12.1. The molecule has 114 valence electrons. The third-order valence-electron chi connectivity index (χ3n) is 3.85. The van der Waals surface area contributed by atoms with Crippen LogP contribution in [0.15, 0.2) is 6.07 Å². The van der Waals surface area contributed by atoms with E-state index < -0.39 is 0 Å². The van der Waals surface area contributed by atoms with Crippen LogP contribution in [0.4, 0.5) is 0 Å². The zero-order valence-corrected chi connectivity index (χ0v) is 13.3. The molecule has 1 aromatic carbocycles. The molecule has 5 nitrogen and oxygen atoms in total. The predicted octanol–water partition coefficient (Wildman–Crippen LogP) is 3.15. The predicted molar refractivity (Wildman–Crippen MR) is 84.6 cm³/mol. The molecule has 0 fully saturated rings. The fraction of sp³-hybridized carbons (Fsp3) is 0.333. The van der Waals surface area contributed by atoms with E-state index in [9.17, 15) is 4.79 Å². The Morgan fingerprint density at radius 3 is 3.00 bits per heavy atom. The molecule has 0 aliphatic carbocycles. The number of benzene rings is 1. The highest BCUT2D eigenvalue weighted by Gasteiger charge is 2.29. The van der Waals surface area contributed by atoms with E-state index in [-0.39, 0.29) is 18.4 Å². The number of H-pyrrole nitrogens is 1. The van der Waals surface area contributed by atoms with Gasteiger partial charge in [0.05, 0.1) is 21.5 Å². The lowest BCUT2D eigenvalue weighted by Crippen LogP contribution is -2.26. The standard InChI is InChI=1S/C15H13Cl2N3O2/c1-7-11-9(2-4-19-15(7)21)20-14-12(11)10(22-5-3-18)6-8(16)13(14)17/h6-7,20H,2,4-5H2,1H3,(H,19,21)/t7-/m1/s1. The molecule has 1 aromatic heterocycles. The highest BCUT2D eigenvalue weighted by molar-refractivity contribution is 6.45. The first-order valence-corrected chi connectivity index (χ1v) is 7.60.